The number of anilines is 1. The van der Waals surface area contributed by atoms with Crippen LogP contribution in [0.3, 0.4) is 0 Å². The number of ether oxygens (including phenoxy) is 1. The number of nitrogens with one attached hydrogen (secondary N) is 2. The fraction of sp³-hybridized carbons (Fsp3) is 0.208. The van der Waals surface area contributed by atoms with Gasteiger partial charge in [-0.1, -0.05) is 43.3 Å². The molecule has 0 aliphatic carbocycles. The molecule has 150 valence electrons. The number of aryl methyl sites for hydroxylation is 1. The number of amides is 1. The summed E-state index contributed by atoms with van der Waals surface area (Å²) in [5.74, 6) is 0.310. The summed E-state index contributed by atoms with van der Waals surface area (Å²) in [5, 5.41) is 6.17. The number of rotatable bonds is 8. The molecule has 2 N–H and O–H groups in total. The van der Waals surface area contributed by atoms with Crippen molar-refractivity contribution in [3.05, 3.63) is 95.3 Å². The zero-order valence-corrected chi connectivity index (χ0v) is 16.6. The van der Waals surface area contributed by atoms with E-state index >= 15 is 0 Å². The fourth-order valence-electron chi connectivity index (χ4n) is 3.10. The van der Waals surface area contributed by atoms with Crippen LogP contribution in [0.1, 0.15) is 29.7 Å². The molecule has 3 rings (SSSR count). The number of benzene rings is 3. The molecule has 0 spiro atoms. The second-order valence-electron chi connectivity index (χ2n) is 6.74. The molecule has 0 saturated carbocycles. The van der Waals surface area contributed by atoms with Crippen LogP contribution in [0.25, 0.3) is 0 Å². The molecule has 0 aliphatic rings. The Morgan fingerprint density at radius 3 is 2.07 bits per heavy atom. The first-order chi connectivity index (χ1) is 14.1. The summed E-state index contributed by atoms with van der Waals surface area (Å²) < 4.78 is 18.6. The van der Waals surface area contributed by atoms with Gasteiger partial charge in [-0.25, -0.2) is 4.39 Å². The van der Waals surface area contributed by atoms with Gasteiger partial charge in [-0.2, -0.15) is 0 Å². The van der Waals surface area contributed by atoms with Crippen molar-refractivity contribution in [2.45, 2.75) is 19.4 Å². The molecule has 0 heterocycles. The molecule has 1 atom stereocenters. The molecule has 0 radical (unpaired) electrons. The van der Waals surface area contributed by atoms with Crippen LogP contribution in [0.15, 0.2) is 72.8 Å². The number of hydrogen-bond donors (Lipinski definition) is 2. The second-order valence-corrected chi connectivity index (χ2v) is 6.74. The lowest BCUT2D eigenvalue weighted by Gasteiger charge is -2.20. The third kappa shape index (κ3) is 5.65. The van der Waals surface area contributed by atoms with Crippen LogP contribution < -0.4 is 15.4 Å². The first kappa shape index (κ1) is 20.6. The predicted octanol–water partition coefficient (Wildman–Crippen LogP) is 4.71. The zero-order valence-electron chi connectivity index (χ0n) is 16.6. The smallest absolute Gasteiger partial charge is 0.238 e. The third-order valence-electron chi connectivity index (χ3n) is 4.77. The van der Waals surface area contributed by atoms with Crippen molar-refractivity contribution < 1.29 is 13.9 Å². The van der Waals surface area contributed by atoms with Crippen LogP contribution in [0.2, 0.25) is 0 Å². The standard InChI is InChI=1S/C24H25FN2O2/c1-3-17-4-12-21(13-5-17)27-23(28)16-26-24(18-6-10-20(25)11-7-18)19-8-14-22(29-2)15-9-19/h4-15,24,26H,3,16H2,1-2H3,(H,27,28). The molecule has 4 nitrogen and oxygen atoms in total. The molecule has 0 bridgehead atoms. The van der Waals surface area contributed by atoms with Crippen molar-refractivity contribution in [1.29, 1.82) is 0 Å². The lowest BCUT2D eigenvalue weighted by Crippen LogP contribution is -2.32. The van der Waals surface area contributed by atoms with E-state index in [9.17, 15) is 9.18 Å². The van der Waals surface area contributed by atoms with Crippen LogP contribution in [-0.4, -0.2) is 19.6 Å². The van der Waals surface area contributed by atoms with E-state index in [4.69, 9.17) is 4.74 Å². The van der Waals surface area contributed by atoms with E-state index in [0.717, 1.165) is 29.0 Å². The lowest BCUT2D eigenvalue weighted by atomic mass is 9.98. The highest BCUT2D eigenvalue weighted by Gasteiger charge is 2.16. The Kier molecular flexibility index (Phi) is 6.98. The number of carbonyl (C=O) groups excluding carboxylic acids is 1. The van der Waals surface area contributed by atoms with Gasteiger partial charge in [0.25, 0.3) is 0 Å². The van der Waals surface area contributed by atoms with Crippen LogP contribution in [0.5, 0.6) is 5.75 Å². The van der Waals surface area contributed by atoms with E-state index in [2.05, 4.69) is 17.6 Å². The molecule has 1 unspecified atom stereocenters. The van der Waals surface area contributed by atoms with Crippen molar-refractivity contribution in [2.75, 3.05) is 19.0 Å². The Labute approximate surface area is 170 Å². The molecule has 3 aromatic carbocycles. The minimum absolute atomic E-state index is 0.115. The molecule has 1 amide bonds. The molecule has 3 aromatic rings. The molecule has 0 aliphatic heterocycles. The summed E-state index contributed by atoms with van der Waals surface area (Å²) in [6.07, 6.45) is 0.955. The number of carbonyl (C=O) groups is 1. The Morgan fingerprint density at radius 2 is 1.52 bits per heavy atom. The average Bonchev–Trinajstić information content (AvgIpc) is 2.76. The van der Waals surface area contributed by atoms with Gasteiger partial charge in [-0.15, -0.1) is 0 Å². The van der Waals surface area contributed by atoms with E-state index in [1.165, 1.54) is 17.7 Å². The Hall–Kier alpha value is -3.18. The molecule has 0 fully saturated rings. The van der Waals surface area contributed by atoms with Crippen molar-refractivity contribution in [3.8, 4) is 5.75 Å². The molecule has 0 saturated heterocycles. The SMILES string of the molecule is CCc1ccc(NC(=O)CNC(c2ccc(F)cc2)c2ccc(OC)cc2)cc1. The van der Waals surface area contributed by atoms with Gasteiger partial charge in [0.15, 0.2) is 0 Å². The first-order valence-electron chi connectivity index (χ1n) is 9.60. The first-order valence-corrected chi connectivity index (χ1v) is 9.60. The van der Waals surface area contributed by atoms with E-state index in [0.29, 0.717) is 0 Å². The average molecular weight is 392 g/mol. The Morgan fingerprint density at radius 1 is 0.931 bits per heavy atom. The maximum absolute atomic E-state index is 13.4. The maximum Gasteiger partial charge on any atom is 0.238 e. The van der Waals surface area contributed by atoms with E-state index in [1.807, 2.05) is 48.5 Å². The summed E-state index contributed by atoms with van der Waals surface area (Å²) >= 11 is 0. The number of hydrogen-bond acceptors (Lipinski definition) is 3. The van der Waals surface area contributed by atoms with Crippen molar-refractivity contribution in [1.82, 2.24) is 5.32 Å². The molecular weight excluding hydrogens is 367 g/mol. The normalized spacial score (nSPS) is 11.7. The van der Waals surface area contributed by atoms with Gasteiger partial charge in [0.05, 0.1) is 19.7 Å². The van der Waals surface area contributed by atoms with Crippen molar-refractivity contribution >= 4 is 11.6 Å². The zero-order chi connectivity index (χ0) is 20.6. The van der Waals surface area contributed by atoms with Gasteiger partial charge < -0.3 is 10.1 Å². The summed E-state index contributed by atoms with van der Waals surface area (Å²) in [6.45, 7) is 2.20. The predicted molar refractivity (Wildman–Crippen MR) is 114 cm³/mol. The van der Waals surface area contributed by atoms with Gasteiger partial charge >= 0.3 is 0 Å². The summed E-state index contributed by atoms with van der Waals surface area (Å²) in [5.41, 5.74) is 3.81. The summed E-state index contributed by atoms with van der Waals surface area (Å²) in [7, 11) is 1.61. The van der Waals surface area contributed by atoms with Gasteiger partial charge in [-0.05, 0) is 59.5 Å². The van der Waals surface area contributed by atoms with Crippen LogP contribution in [-0.2, 0) is 11.2 Å². The van der Waals surface area contributed by atoms with Gasteiger partial charge in [-0.3, -0.25) is 10.1 Å². The summed E-state index contributed by atoms with van der Waals surface area (Å²) in [4.78, 5) is 12.4. The van der Waals surface area contributed by atoms with Crippen LogP contribution in [0, 0.1) is 5.82 Å². The quantitative estimate of drug-likeness (QED) is 0.583. The number of methoxy groups -OCH3 is 1. The highest BCUT2D eigenvalue weighted by molar-refractivity contribution is 5.92. The fourth-order valence-corrected chi connectivity index (χ4v) is 3.10. The monoisotopic (exact) mass is 392 g/mol. The Bertz CT molecular complexity index is 923. The molecule has 29 heavy (non-hydrogen) atoms. The third-order valence-corrected chi connectivity index (χ3v) is 4.77. The highest BCUT2D eigenvalue weighted by Crippen LogP contribution is 2.24. The molecule has 0 aromatic heterocycles. The Balaban J connectivity index is 1.71. The minimum Gasteiger partial charge on any atom is -0.497 e. The topological polar surface area (TPSA) is 50.4 Å². The number of halogens is 1. The van der Waals surface area contributed by atoms with Crippen molar-refractivity contribution in [2.24, 2.45) is 0 Å². The minimum atomic E-state index is -0.296. The van der Waals surface area contributed by atoms with E-state index in [-0.39, 0.29) is 24.3 Å². The van der Waals surface area contributed by atoms with Crippen LogP contribution >= 0.6 is 0 Å². The summed E-state index contributed by atoms with van der Waals surface area (Å²) in [6, 6.07) is 21.4. The van der Waals surface area contributed by atoms with Crippen LogP contribution in [0.4, 0.5) is 10.1 Å². The van der Waals surface area contributed by atoms with E-state index < -0.39 is 0 Å². The van der Waals surface area contributed by atoms with Gasteiger partial charge in [0, 0.05) is 5.69 Å². The van der Waals surface area contributed by atoms with Crippen molar-refractivity contribution in [3.63, 3.8) is 0 Å². The van der Waals surface area contributed by atoms with E-state index in [1.54, 1.807) is 19.2 Å². The maximum atomic E-state index is 13.4. The van der Waals surface area contributed by atoms with Gasteiger partial charge in [0.2, 0.25) is 5.91 Å². The highest BCUT2D eigenvalue weighted by atomic mass is 19.1. The van der Waals surface area contributed by atoms with Gasteiger partial charge in [0.1, 0.15) is 11.6 Å². The largest absolute Gasteiger partial charge is 0.497 e. The second kappa shape index (κ2) is 9.85. The molecular formula is C24H25FN2O2. The molecule has 5 heteroatoms. The lowest BCUT2D eigenvalue weighted by molar-refractivity contribution is -0.115.